The highest BCUT2D eigenvalue weighted by Crippen LogP contribution is 2.33. The van der Waals surface area contributed by atoms with E-state index < -0.39 is 25.7 Å². The Morgan fingerprint density at radius 1 is 1.47 bits per heavy atom. The van der Waals surface area contributed by atoms with Crippen LogP contribution in [0, 0.1) is 5.82 Å². The minimum absolute atomic E-state index is 0.0126. The van der Waals surface area contributed by atoms with Gasteiger partial charge in [-0.2, -0.15) is 0 Å². The van der Waals surface area contributed by atoms with E-state index in [1.807, 2.05) is 0 Å². The predicted molar refractivity (Wildman–Crippen MR) is 72.3 cm³/mol. The lowest BCUT2D eigenvalue weighted by atomic mass is 10.2. The van der Waals surface area contributed by atoms with Crippen molar-refractivity contribution in [1.29, 1.82) is 0 Å². The van der Waals surface area contributed by atoms with Gasteiger partial charge in [0.1, 0.15) is 10.7 Å². The van der Waals surface area contributed by atoms with Gasteiger partial charge in [0.05, 0.1) is 10.0 Å². The van der Waals surface area contributed by atoms with Crippen molar-refractivity contribution in [3.05, 3.63) is 28.0 Å². The first-order valence-electron chi connectivity index (χ1n) is 5.42. The lowest BCUT2D eigenvalue weighted by molar-refractivity contribution is 0.0783. The maximum absolute atomic E-state index is 13.5. The Bertz CT molecular complexity index is 646. The van der Waals surface area contributed by atoms with E-state index in [0.29, 0.717) is 0 Å². The van der Waals surface area contributed by atoms with Gasteiger partial charge in [0, 0.05) is 23.8 Å². The van der Waals surface area contributed by atoms with Crippen LogP contribution in [0.25, 0.3) is 0 Å². The number of nitrogens with zero attached hydrogens (tertiary/aromatic N) is 1. The lowest BCUT2D eigenvalue weighted by Gasteiger charge is -2.18. The maximum atomic E-state index is 13.5. The first-order chi connectivity index (χ1) is 8.71. The van der Waals surface area contributed by atoms with Gasteiger partial charge < -0.3 is 4.90 Å². The molecule has 1 aromatic rings. The minimum atomic E-state index is -4.13. The average Bonchev–Trinajstić information content (AvgIpc) is 3.12. The van der Waals surface area contributed by atoms with Crippen LogP contribution in [0.3, 0.4) is 0 Å². The van der Waals surface area contributed by atoms with Crippen LogP contribution in [-0.4, -0.2) is 32.3 Å². The van der Waals surface area contributed by atoms with E-state index in [-0.39, 0.29) is 16.1 Å². The summed E-state index contributed by atoms with van der Waals surface area (Å²) in [6.45, 7) is 0. The fourth-order valence-electron chi connectivity index (χ4n) is 1.71. The molecule has 0 atom stereocenters. The summed E-state index contributed by atoms with van der Waals surface area (Å²) in [6.07, 6.45) is 1.80. The fraction of sp³-hybridized carbons (Fsp3) is 0.364. The van der Waals surface area contributed by atoms with Gasteiger partial charge in [0.2, 0.25) is 0 Å². The molecule has 0 spiro atoms. The molecule has 1 fully saturated rings. The van der Waals surface area contributed by atoms with Crippen LogP contribution in [0.15, 0.2) is 21.5 Å². The Morgan fingerprint density at radius 2 is 2.05 bits per heavy atom. The second kappa shape index (κ2) is 5.03. The highest BCUT2D eigenvalue weighted by Gasteiger charge is 2.32. The van der Waals surface area contributed by atoms with Gasteiger partial charge in [-0.1, -0.05) is 0 Å². The summed E-state index contributed by atoms with van der Waals surface area (Å²) in [5.41, 5.74) is -0.0476. The number of halogens is 3. The molecule has 0 radical (unpaired) electrons. The molecular weight excluding hydrogens is 361 g/mol. The Morgan fingerprint density at radius 3 is 2.53 bits per heavy atom. The van der Waals surface area contributed by atoms with Gasteiger partial charge in [-0.05, 0) is 40.9 Å². The summed E-state index contributed by atoms with van der Waals surface area (Å²) in [5, 5.41) is 0. The zero-order chi connectivity index (χ0) is 14.4. The molecule has 1 aromatic carbocycles. The van der Waals surface area contributed by atoms with Gasteiger partial charge in [-0.3, -0.25) is 4.79 Å². The van der Waals surface area contributed by atoms with Crippen LogP contribution in [0.4, 0.5) is 4.39 Å². The van der Waals surface area contributed by atoms with E-state index in [1.54, 1.807) is 7.05 Å². The molecule has 0 aliphatic heterocycles. The van der Waals surface area contributed by atoms with Gasteiger partial charge in [0.15, 0.2) is 0 Å². The van der Waals surface area contributed by atoms with Gasteiger partial charge in [-0.25, -0.2) is 12.8 Å². The summed E-state index contributed by atoms with van der Waals surface area (Å²) >= 11 is 3.01. The maximum Gasteiger partial charge on any atom is 0.262 e. The highest BCUT2D eigenvalue weighted by atomic mass is 79.9. The Hall–Kier alpha value is -0.660. The van der Waals surface area contributed by atoms with Crippen molar-refractivity contribution in [2.24, 2.45) is 0 Å². The zero-order valence-electron chi connectivity index (χ0n) is 9.86. The molecule has 0 heterocycles. The minimum Gasteiger partial charge on any atom is -0.339 e. The van der Waals surface area contributed by atoms with Crippen LogP contribution in [0.5, 0.6) is 0 Å². The molecule has 2 rings (SSSR count). The molecule has 1 saturated carbocycles. The van der Waals surface area contributed by atoms with Crippen molar-refractivity contribution < 1.29 is 17.6 Å². The molecule has 0 N–H and O–H groups in total. The molecule has 8 heteroatoms. The van der Waals surface area contributed by atoms with Crippen molar-refractivity contribution in [2.75, 3.05) is 7.05 Å². The Kier molecular flexibility index (Phi) is 3.90. The van der Waals surface area contributed by atoms with E-state index in [4.69, 9.17) is 10.7 Å². The molecule has 0 unspecified atom stereocenters. The van der Waals surface area contributed by atoms with Crippen molar-refractivity contribution in [1.82, 2.24) is 4.90 Å². The van der Waals surface area contributed by atoms with Gasteiger partial charge >= 0.3 is 0 Å². The smallest absolute Gasteiger partial charge is 0.262 e. The molecule has 1 aliphatic rings. The van der Waals surface area contributed by atoms with Crippen molar-refractivity contribution in [3.63, 3.8) is 0 Å². The van der Waals surface area contributed by atoms with Crippen LogP contribution in [-0.2, 0) is 9.05 Å². The standard InChI is InChI=1S/C11H10BrClFNO3S/c1-15(7-2-3-7)11(16)8-4-6(14)5-9(10(8)12)19(13,17)18/h4-5,7H,2-3H2,1H3. The topological polar surface area (TPSA) is 54.5 Å². The summed E-state index contributed by atoms with van der Waals surface area (Å²) < 4.78 is 36.1. The van der Waals surface area contributed by atoms with Crippen molar-refractivity contribution >= 4 is 41.6 Å². The van der Waals surface area contributed by atoms with Crippen LogP contribution in [0.1, 0.15) is 23.2 Å². The summed E-state index contributed by atoms with van der Waals surface area (Å²) in [7, 11) is 2.69. The molecule has 19 heavy (non-hydrogen) atoms. The number of hydrogen-bond acceptors (Lipinski definition) is 3. The van der Waals surface area contributed by atoms with Gasteiger partial charge in [0.25, 0.3) is 15.0 Å². The summed E-state index contributed by atoms with van der Waals surface area (Å²) in [6, 6.07) is 1.91. The summed E-state index contributed by atoms with van der Waals surface area (Å²) in [4.78, 5) is 13.2. The van der Waals surface area contributed by atoms with Gasteiger partial charge in [-0.15, -0.1) is 0 Å². The number of carbonyl (C=O) groups is 1. The van der Waals surface area contributed by atoms with Crippen molar-refractivity contribution in [3.8, 4) is 0 Å². The number of benzene rings is 1. The third-order valence-corrected chi connectivity index (χ3v) is 5.37. The molecular formula is C11H10BrClFNO3S. The quantitative estimate of drug-likeness (QED) is 0.769. The first-order valence-corrected chi connectivity index (χ1v) is 8.53. The van der Waals surface area contributed by atoms with E-state index in [9.17, 15) is 17.6 Å². The highest BCUT2D eigenvalue weighted by molar-refractivity contribution is 9.10. The molecule has 104 valence electrons. The monoisotopic (exact) mass is 369 g/mol. The molecule has 4 nitrogen and oxygen atoms in total. The Labute approximate surface area is 123 Å². The third-order valence-electron chi connectivity index (χ3n) is 2.91. The van der Waals surface area contributed by atoms with Crippen LogP contribution >= 0.6 is 26.6 Å². The predicted octanol–water partition coefficient (Wildman–Crippen LogP) is 2.75. The largest absolute Gasteiger partial charge is 0.339 e. The number of rotatable bonds is 3. The van der Waals surface area contributed by atoms with E-state index >= 15 is 0 Å². The normalized spacial score (nSPS) is 15.4. The third kappa shape index (κ3) is 3.09. The van der Waals surface area contributed by atoms with E-state index in [2.05, 4.69) is 15.9 Å². The summed E-state index contributed by atoms with van der Waals surface area (Å²) in [5.74, 6) is -1.26. The number of hydrogen-bond donors (Lipinski definition) is 0. The molecule has 0 saturated heterocycles. The number of amides is 1. The lowest BCUT2D eigenvalue weighted by Crippen LogP contribution is -2.29. The van der Waals surface area contributed by atoms with Crippen LogP contribution in [0.2, 0.25) is 0 Å². The second-order valence-corrected chi connectivity index (χ2v) is 7.68. The van der Waals surface area contributed by atoms with E-state index in [1.165, 1.54) is 4.90 Å². The van der Waals surface area contributed by atoms with Crippen molar-refractivity contribution in [2.45, 2.75) is 23.8 Å². The zero-order valence-corrected chi connectivity index (χ0v) is 13.0. The average molecular weight is 371 g/mol. The SMILES string of the molecule is CN(C(=O)c1cc(F)cc(S(=O)(=O)Cl)c1Br)C1CC1. The first kappa shape index (κ1) is 14.7. The van der Waals surface area contributed by atoms with E-state index in [0.717, 1.165) is 25.0 Å². The molecule has 1 amide bonds. The van der Waals surface area contributed by atoms with Crippen LogP contribution < -0.4 is 0 Å². The second-order valence-electron chi connectivity index (χ2n) is 4.35. The fourth-order valence-corrected chi connectivity index (χ4v) is 3.97. The molecule has 0 bridgehead atoms. The Balaban J connectivity index is 2.51. The molecule has 0 aromatic heterocycles. The number of carbonyl (C=O) groups excluding carboxylic acids is 1. The molecule has 1 aliphatic carbocycles.